The number of benzene rings is 1. The Hall–Kier alpha value is -1.57. The number of allylic oxidation sites excluding steroid dienone is 2. The lowest BCUT2D eigenvalue weighted by Crippen LogP contribution is -2.45. The molecule has 2 heteroatoms. The van der Waals surface area contributed by atoms with Crippen LogP contribution in [0.2, 0.25) is 0 Å². The Morgan fingerprint density at radius 1 is 0.905 bits per heavy atom. The number of hydrogen-bond donors (Lipinski definition) is 0. The summed E-state index contributed by atoms with van der Waals surface area (Å²) in [5, 5.41) is 2.88. The van der Waals surface area contributed by atoms with E-state index < -0.39 is 0 Å². The first-order valence-electron chi connectivity index (χ1n) is 8.58. The zero-order chi connectivity index (χ0) is 13.8. The molecule has 0 spiro atoms. The monoisotopic (exact) mass is 280 g/mol. The second-order valence-corrected chi connectivity index (χ2v) is 6.88. The molecule has 21 heavy (non-hydrogen) atoms. The van der Waals surface area contributed by atoms with Crippen molar-refractivity contribution in [3.8, 4) is 5.75 Å². The van der Waals surface area contributed by atoms with Gasteiger partial charge in [-0.1, -0.05) is 0 Å². The molecular weight excluding hydrogens is 258 g/mol. The molecule has 0 aromatic heterocycles. The summed E-state index contributed by atoms with van der Waals surface area (Å²) in [5.74, 6) is 2.46. The molecule has 1 aliphatic carbocycles. The van der Waals surface area contributed by atoms with Gasteiger partial charge in [-0.05, 0) is 49.8 Å². The van der Waals surface area contributed by atoms with Gasteiger partial charge in [-0.15, -0.1) is 0 Å². The lowest BCUT2D eigenvalue weighted by Gasteiger charge is -2.26. The summed E-state index contributed by atoms with van der Waals surface area (Å²) in [5.41, 5.74) is 4.53. The van der Waals surface area contributed by atoms with Gasteiger partial charge in [0, 0.05) is 30.0 Å². The summed E-state index contributed by atoms with van der Waals surface area (Å²) in [7, 11) is 0. The molecule has 0 atom stereocenters. The minimum atomic E-state index is 1.13. The molecule has 4 aliphatic rings. The van der Waals surface area contributed by atoms with Crippen LogP contribution in [0, 0.1) is 0 Å². The van der Waals surface area contributed by atoms with Crippen molar-refractivity contribution >= 4 is 6.08 Å². The Morgan fingerprint density at radius 2 is 1.76 bits per heavy atom. The number of aryl methyl sites for hydroxylation is 1. The number of ether oxygens (including phenoxy) is 1. The molecule has 0 amide bonds. The second kappa shape index (κ2) is 4.46. The second-order valence-electron chi connectivity index (χ2n) is 6.88. The van der Waals surface area contributed by atoms with Crippen molar-refractivity contribution in [1.82, 2.24) is 4.58 Å². The minimum Gasteiger partial charge on any atom is -0.460 e. The average molecular weight is 280 g/mol. The molecule has 0 fully saturated rings. The van der Waals surface area contributed by atoms with Gasteiger partial charge < -0.3 is 4.74 Å². The number of hydrogen-bond acceptors (Lipinski definition) is 1. The van der Waals surface area contributed by atoms with E-state index in [0.29, 0.717) is 0 Å². The lowest BCUT2D eigenvalue weighted by molar-refractivity contribution is 0.362. The van der Waals surface area contributed by atoms with Gasteiger partial charge in [-0.2, -0.15) is 0 Å². The van der Waals surface area contributed by atoms with Crippen LogP contribution < -0.4 is 19.9 Å². The van der Waals surface area contributed by atoms with Gasteiger partial charge in [0.1, 0.15) is 24.6 Å². The topological polar surface area (TPSA) is 12.2 Å². The summed E-state index contributed by atoms with van der Waals surface area (Å²) in [6.45, 7) is 2.47. The van der Waals surface area contributed by atoms with Crippen LogP contribution in [0.15, 0.2) is 17.4 Å². The standard InChI is InChI=1S/C19H22NO/c1-2-8-17-13(5-1)11-15-12-14-6-3-9-20-10-4-7-16(18(14)20)19(15)21-17/h11-12H,1-10H2/q+1. The normalized spacial score (nSPS) is 22.8. The fourth-order valence-corrected chi connectivity index (χ4v) is 4.56. The molecule has 0 bridgehead atoms. The lowest BCUT2D eigenvalue weighted by atomic mass is 9.90. The van der Waals surface area contributed by atoms with Crippen LogP contribution in [0.1, 0.15) is 49.7 Å². The molecule has 2 nitrogen and oxygen atoms in total. The van der Waals surface area contributed by atoms with Crippen molar-refractivity contribution in [2.75, 3.05) is 13.1 Å². The Labute approximate surface area is 125 Å². The number of rotatable bonds is 0. The van der Waals surface area contributed by atoms with E-state index in [1.54, 1.807) is 5.56 Å². The highest BCUT2D eigenvalue weighted by Crippen LogP contribution is 2.32. The van der Waals surface area contributed by atoms with Crippen molar-refractivity contribution in [2.24, 2.45) is 0 Å². The zero-order valence-corrected chi connectivity index (χ0v) is 12.6. The van der Waals surface area contributed by atoms with Gasteiger partial charge in [0.15, 0.2) is 0 Å². The summed E-state index contributed by atoms with van der Waals surface area (Å²) in [6, 6.07) is 2.42. The van der Waals surface area contributed by atoms with Gasteiger partial charge in [-0.3, -0.25) is 0 Å². The van der Waals surface area contributed by atoms with Gasteiger partial charge in [-0.25, -0.2) is 4.58 Å². The minimum absolute atomic E-state index is 1.13. The fraction of sp³-hybridized carbons (Fsp3) is 0.526. The van der Waals surface area contributed by atoms with E-state index in [4.69, 9.17) is 4.74 Å². The number of nitrogens with zero attached hydrogens (tertiary/aromatic N) is 1. The molecule has 0 radical (unpaired) electrons. The van der Waals surface area contributed by atoms with E-state index >= 15 is 0 Å². The Kier molecular flexibility index (Phi) is 2.55. The predicted molar refractivity (Wildman–Crippen MR) is 83.9 cm³/mol. The van der Waals surface area contributed by atoms with Crippen LogP contribution in [-0.2, 0) is 12.8 Å². The first-order chi connectivity index (χ1) is 10.4. The Bertz CT molecular complexity index is 781. The molecular formula is C19H22NO+. The van der Waals surface area contributed by atoms with E-state index in [0.717, 1.165) is 6.42 Å². The molecule has 1 aromatic rings. The van der Waals surface area contributed by atoms with E-state index in [9.17, 15) is 0 Å². The summed E-state index contributed by atoms with van der Waals surface area (Å²) < 4.78 is 9.03. The highest BCUT2D eigenvalue weighted by Gasteiger charge is 2.29. The fourth-order valence-electron chi connectivity index (χ4n) is 4.56. The third kappa shape index (κ3) is 1.74. The third-order valence-corrected chi connectivity index (χ3v) is 5.51. The molecule has 3 heterocycles. The van der Waals surface area contributed by atoms with Crippen molar-refractivity contribution in [2.45, 2.75) is 51.4 Å². The van der Waals surface area contributed by atoms with E-state index in [1.165, 1.54) is 91.3 Å². The summed E-state index contributed by atoms with van der Waals surface area (Å²) in [4.78, 5) is 0. The molecule has 3 aliphatic heterocycles. The third-order valence-electron chi connectivity index (χ3n) is 5.51. The molecule has 0 saturated heterocycles. The highest BCUT2D eigenvalue weighted by molar-refractivity contribution is 5.58. The maximum atomic E-state index is 6.43. The van der Waals surface area contributed by atoms with Crippen molar-refractivity contribution in [3.63, 3.8) is 0 Å². The van der Waals surface area contributed by atoms with Crippen LogP contribution in [0.25, 0.3) is 6.08 Å². The largest absolute Gasteiger partial charge is 0.460 e. The maximum absolute atomic E-state index is 6.43. The summed E-state index contributed by atoms with van der Waals surface area (Å²) >= 11 is 0. The first-order valence-corrected chi connectivity index (χ1v) is 8.58. The van der Waals surface area contributed by atoms with Gasteiger partial charge in [0.25, 0.3) is 0 Å². The Balaban J connectivity index is 1.81. The van der Waals surface area contributed by atoms with E-state index in [2.05, 4.69) is 16.7 Å². The van der Waals surface area contributed by atoms with Crippen molar-refractivity contribution in [1.29, 1.82) is 0 Å². The van der Waals surface area contributed by atoms with Crippen LogP contribution in [0.3, 0.4) is 0 Å². The molecule has 0 saturated carbocycles. The molecule has 5 rings (SSSR count). The molecule has 1 aromatic carbocycles. The summed E-state index contributed by atoms with van der Waals surface area (Å²) in [6.07, 6.45) is 12.4. The van der Waals surface area contributed by atoms with Crippen LogP contribution >= 0.6 is 0 Å². The van der Waals surface area contributed by atoms with Crippen molar-refractivity contribution in [3.05, 3.63) is 39.1 Å². The van der Waals surface area contributed by atoms with Crippen LogP contribution in [0.5, 0.6) is 5.75 Å². The SMILES string of the molecule is C1=c2cc3c4c(c2OC2=C1CCCC2)CCC[N+]=4CCC3. The smallest absolute Gasteiger partial charge is 0.210 e. The maximum Gasteiger partial charge on any atom is 0.210 e. The van der Waals surface area contributed by atoms with Gasteiger partial charge in [0.2, 0.25) is 5.36 Å². The van der Waals surface area contributed by atoms with E-state index in [-0.39, 0.29) is 0 Å². The molecule has 0 unspecified atom stereocenters. The molecule has 0 N–H and O–H groups in total. The quantitative estimate of drug-likeness (QED) is 0.663. The van der Waals surface area contributed by atoms with Gasteiger partial charge in [0.05, 0.1) is 5.56 Å². The first kappa shape index (κ1) is 12.0. The average Bonchev–Trinajstić information content (AvgIpc) is 2.54. The Morgan fingerprint density at radius 3 is 2.71 bits per heavy atom. The van der Waals surface area contributed by atoms with Crippen LogP contribution in [-0.4, -0.2) is 13.1 Å². The van der Waals surface area contributed by atoms with Crippen molar-refractivity contribution < 1.29 is 4.74 Å². The predicted octanol–water partition coefficient (Wildman–Crippen LogP) is 2.07. The van der Waals surface area contributed by atoms with Crippen LogP contribution in [0.4, 0.5) is 0 Å². The van der Waals surface area contributed by atoms with Gasteiger partial charge >= 0.3 is 0 Å². The number of fused-ring (bicyclic) bond motifs is 2. The zero-order valence-electron chi connectivity index (χ0n) is 12.6. The molecule has 108 valence electrons. The van der Waals surface area contributed by atoms with E-state index in [1.807, 2.05) is 0 Å². The highest BCUT2D eigenvalue weighted by atomic mass is 16.5.